The second-order valence-corrected chi connectivity index (χ2v) is 9.64. The maximum absolute atomic E-state index is 12.9. The summed E-state index contributed by atoms with van der Waals surface area (Å²) in [6, 6.07) is 0. The van der Waals surface area contributed by atoms with E-state index in [0.29, 0.717) is 6.54 Å². The fourth-order valence-electron chi connectivity index (χ4n) is 4.89. The van der Waals surface area contributed by atoms with Crippen LogP contribution in [-0.2, 0) is 9.59 Å². The Labute approximate surface area is 146 Å². The van der Waals surface area contributed by atoms with Crippen LogP contribution in [0.4, 0.5) is 0 Å². The van der Waals surface area contributed by atoms with Gasteiger partial charge in [-0.15, -0.1) is 0 Å². The zero-order valence-corrected chi connectivity index (χ0v) is 16.0. The number of hydrogen-bond acceptors (Lipinski definition) is 2. The standard InChI is InChI=1S/C20H33N2O2/c1-20(2)9-6-8-14-12-15-16(13-17(14)20)19(24)21(18(15)23)10-7-11-22(3,4)5/h15-16H,6-13H2,1-5H3/q+1/t15-,16-/m0/s1. The molecule has 0 aromatic carbocycles. The van der Waals surface area contributed by atoms with Crippen LogP contribution in [0.1, 0.15) is 52.4 Å². The van der Waals surface area contributed by atoms with Crippen LogP contribution in [-0.4, -0.2) is 55.4 Å². The molecule has 0 saturated carbocycles. The number of likely N-dealkylation sites (tertiary alicyclic amines) is 1. The maximum Gasteiger partial charge on any atom is 0.233 e. The van der Waals surface area contributed by atoms with Gasteiger partial charge in [-0.05, 0) is 37.5 Å². The van der Waals surface area contributed by atoms with Crippen LogP contribution < -0.4 is 0 Å². The van der Waals surface area contributed by atoms with E-state index in [0.717, 1.165) is 36.7 Å². The third kappa shape index (κ3) is 3.17. The van der Waals surface area contributed by atoms with Gasteiger partial charge < -0.3 is 4.48 Å². The van der Waals surface area contributed by atoms with E-state index >= 15 is 0 Å². The molecule has 1 fully saturated rings. The molecule has 3 aliphatic rings. The third-order valence-corrected chi connectivity index (χ3v) is 6.28. The van der Waals surface area contributed by atoms with E-state index in [-0.39, 0.29) is 29.1 Å². The van der Waals surface area contributed by atoms with Crippen LogP contribution in [0.3, 0.4) is 0 Å². The van der Waals surface area contributed by atoms with E-state index in [1.165, 1.54) is 24.0 Å². The zero-order valence-electron chi connectivity index (χ0n) is 16.0. The predicted octanol–water partition coefficient (Wildman–Crippen LogP) is 2.98. The molecule has 2 amide bonds. The van der Waals surface area contributed by atoms with Gasteiger partial charge in [0.05, 0.1) is 39.5 Å². The Kier molecular flexibility index (Phi) is 4.40. The second-order valence-electron chi connectivity index (χ2n) is 9.64. The molecular weight excluding hydrogens is 300 g/mol. The quantitative estimate of drug-likeness (QED) is 0.451. The molecule has 3 rings (SSSR count). The van der Waals surface area contributed by atoms with Crippen LogP contribution in [0.15, 0.2) is 11.1 Å². The monoisotopic (exact) mass is 333 g/mol. The number of carbonyl (C=O) groups is 2. The van der Waals surface area contributed by atoms with Crippen molar-refractivity contribution < 1.29 is 14.1 Å². The summed E-state index contributed by atoms with van der Waals surface area (Å²) < 4.78 is 0.868. The van der Waals surface area contributed by atoms with Crippen molar-refractivity contribution in [2.75, 3.05) is 34.2 Å². The van der Waals surface area contributed by atoms with E-state index in [1.54, 1.807) is 4.90 Å². The molecule has 0 N–H and O–H groups in total. The fraction of sp³-hybridized carbons (Fsp3) is 0.800. The summed E-state index contributed by atoms with van der Waals surface area (Å²) in [5.41, 5.74) is 3.19. The summed E-state index contributed by atoms with van der Waals surface area (Å²) in [6.45, 7) is 6.19. The first-order valence-corrected chi connectivity index (χ1v) is 9.47. The lowest BCUT2D eigenvalue weighted by atomic mass is 9.63. The molecule has 0 aromatic heterocycles. The number of allylic oxidation sites excluding steroid dienone is 2. The van der Waals surface area contributed by atoms with Crippen molar-refractivity contribution >= 4 is 11.8 Å². The van der Waals surface area contributed by atoms with Crippen LogP contribution in [0.25, 0.3) is 0 Å². The molecule has 0 spiro atoms. The maximum atomic E-state index is 12.9. The molecular formula is C20H33N2O2+. The topological polar surface area (TPSA) is 37.4 Å². The number of rotatable bonds is 4. The van der Waals surface area contributed by atoms with Crippen molar-refractivity contribution in [3.05, 3.63) is 11.1 Å². The van der Waals surface area contributed by atoms with E-state index in [4.69, 9.17) is 0 Å². The highest BCUT2D eigenvalue weighted by molar-refractivity contribution is 6.05. The molecule has 2 aliphatic carbocycles. The van der Waals surface area contributed by atoms with Crippen LogP contribution in [0.2, 0.25) is 0 Å². The van der Waals surface area contributed by atoms with Crippen LogP contribution in [0.5, 0.6) is 0 Å². The Morgan fingerprint density at radius 1 is 1.08 bits per heavy atom. The molecule has 24 heavy (non-hydrogen) atoms. The van der Waals surface area contributed by atoms with Crippen LogP contribution in [0, 0.1) is 17.3 Å². The number of fused-ring (bicyclic) bond motifs is 1. The number of amides is 2. The Morgan fingerprint density at radius 2 is 1.71 bits per heavy atom. The minimum atomic E-state index is -0.0854. The van der Waals surface area contributed by atoms with E-state index in [1.807, 2.05) is 0 Å². The number of nitrogens with zero attached hydrogens (tertiary/aromatic N) is 2. The minimum absolute atomic E-state index is 0.0747. The first kappa shape index (κ1) is 17.7. The second kappa shape index (κ2) is 5.98. The lowest BCUT2D eigenvalue weighted by Gasteiger charge is -2.40. The van der Waals surface area contributed by atoms with Gasteiger partial charge in [-0.25, -0.2) is 0 Å². The van der Waals surface area contributed by atoms with Gasteiger partial charge in [0.1, 0.15) is 0 Å². The molecule has 0 bridgehead atoms. The lowest BCUT2D eigenvalue weighted by Crippen LogP contribution is -2.39. The molecule has 0 radical (unpaired) electrons. The Hall–Kier alpha value is -1.16. The largest absolute Gasteiger partial charge is 0.331 e. The molecule has 1 heterocycles. The van der Waals surface area contributed by atoms with Gasteiger partial charge in [-0.1, -0.05) is 25.0 Å². The molecule has 1 aliphatic heterocycles. The highest BCUT2D eigenvalue weighted by atomic mass is 16.2. The third-order valence-electron chi connectivity index (χ3n) is 6.28. The molecule has 2 atom stereocenters. The average Bonchev–Trinajstić information content (AvgIpc) is 2.69. The van der Waals surface area contributed by atoms with Gasteiger partial charge in [-0.3, -0.25) is 14.5 Å². The number of hydrogen-bond donors (Lipinski definition) is 0. The normalized spacial score (nSPS) is 29.8. The SMILES string of the molecule is CC1(C)CCCC2=C1C[C@@H]1C(=O)N(CCC[N+](C)(C)C)C(=O)[C@H]1C2. The Balaban J connectivity index is 1.73. The summed E-state index contributed by atoms with van der Waals surface area (Å²) in [6.07, 6.45) is 6.10. The number of carbonyl (C=O) groups excluding carboxylic acids is 2. The first-order valence-electron chi connectivity index (χ1n) is 9.47. The predicted molar refractivity (Wildman–Crippen MR) is 95.1 cm³/mol. The smallest absolute Gasteiger partial charge is 0.233 e. The zero-order chi connectivity index (χ0) is 17.7. The van der Waals surface area contributed by atoms with Gasteiger partial charge in [0.2, 0.25) is 11.8 Å². The van der Waals surface area contributed by atoms with Crippen molar-refractivity contribution in [3.63, 3.8) is 0 Å². The number of imide groups is 1. The summed E-state index contributed by atoms with van der Waals surface area (Å²) >= 11 is 0. The molecule has 134 valence electrons. The van der Waals surface area contributed by atoms with E-state index in [9.17, 15) is 9.59 Å². The van der Waals surface area contributed by atoms with Crippen molar-refractivity contribution in [2.45, 2.75) is 52.4 Å². The van der Waals surface area contributed by atoms with E-state index in [2.05, 4.69) is 35.0 Å². The Morgan fingerprint density at radius 3 is 2.33 bits per heavy atom. The highest BCUT2D eigenvalue weighted by Gasteiger charge is 2.51. The number of quaternary nitrogens is 1. The van der Waals surface area contributed by atoms with Gasteiger partial charge in [-0.2, -0.15) is 0 Å². The molecule has 4 nitrogen and oxygen atoms in total. The lowest BCUT2D eigenvalue weighted by molar-refractivity contribution is -0.870. The van der Waals surface area contributed by atoms with Gasteiger partial charge in [0.25, 0.3) is 0 Å². The van der Waals surface area contributed by atoms with Crippen LogP contribution >= 0.6 is 0 Å². The summed E-state index contributed by atoms with van der Waals surface area (Å²) in [5, 5.41) is 0. The minimum Gasteiger partial charge on any atom is -0.331 e. The van der Waals surface area contributed by atoms with Crippen molar-refractivity contribution in [2.24, 2.45) is 17.3 Å². The fourth-order valence-corrected chi connectivity index (χ4v) is 4.89. The summed E-state index contributed by atoms with van der Waals surface area (Å²) in [4.78, 5) is 27.3. The van der Waals surface area contributed by atoms with Gasteiger partial charge in [0, 0.05) is 13.0 Å². The molecule has 1 saturated heterocycles. The molecule has 0 unspecified atom stereocenters. The summed E-state index contributed by atoms with van der Waals surface area (Å²) in [5.74, 6) is 0.0349. The van der Waals surface area contributed by atoms with Crippen molar-refractivity contribution in [3.8, 4) is 0 Å². The molecule has 4 heteroatoms. The van der Waals surface area contributed by atoms with Gasteiger partial charge >= 0.3 is 0 Å². The first-order chi connectivity index (χ1) is 11.1. The van der Waals surface area contributed by atoms with Crippen molar-refractivity contribution in [1.29, 1.82) is 0 Å². The average molecular weight is 333 g/mol. The summed E-state index contributed by atoms with van der Waals surface area (Å²) in [7, 11) is 6.44. The highest BCUT2D eigenvalue weighted by Crippen LogP contribution is 2.51. The molecule has 0 aromatic rings. The van der Waals surface area contributed by atoms with E-state index < -0.39 is 0 Å². The van der Waals surface area contributed by atoms with Crippen molar-refractivity contribution in [1.82, 2.24) is 4.90 Å². The Bertz CT molecular complexity index is 583. The van der Waals surface area contributed by atoms with Gasteiger partial charge in [0.15, 0.2) is 0 Å².